The number of esters is 2. The molecule has 0 aliphatic heterocycles. The van der Waals surface area contributed by atoms with Gasteiger partial charge in [-0.15, -0.1) is 0 Å². The fourth-order valence-electron chi connectivity index (χ4n) is 6.88. The molecular weight excluding hydrogens is 749 g/mol. The van der Waals surface area contributed by atoms with Crippen molar-refractivity contribution >= 4 is 45.7 Å². The molecule has 2 N–H and O–H groups in total. The number of nitrogens with one attached hydrogen (secondary N) is 2. The van der Waals surface area contributed by atoms with Crippen LogP contribution in [0.5, 0.6) is 0 Å². The summed E-state index contributed by atoms with van der Waals surface area (Å²) in [5.41, 5.74) is 7.11. The second kappa shape index (κ2) is 17.5. The van der Waals surface area contributed by atoms with E-state index in [4.69, 9.17) is 18.9 Å². The number of hydrogen-bond acceptors (Lipinski definition) is 10. The maximum atomic E-state index is 13.3. The van der Waals surface area contributed by atoms with Gasteiger partial charge >= 0.3 is 24.1 Å². The van der Waals surface area contributed by atoms with Gasteiger partial charge in [0.25, 0.3) is 0 Å². The molecule has 0 spiro atoms. The van der Waals surface area contributed by atoms with Gasteiger partial charge in [0, 0.05) is 23.3 Å². The monoisotopic (exact) mass is 796 g/mol. The molecule has 56 heavy (non-hydrogen) atoms. The van der Waals surface area contributed by atoms with E-state index in [2.05, 4.69) is 34.9 Å². The van der Waals surface area contributed by atoms with Gasteiger partial charge in [-0.3, -0.25) is 0 Å². The number of rotatable bonds is 13. The molecule has 10 nitrogen and oxygen atoms in total. The Bertz CT molecular complexity index is 1840. The summed E-state index contributed by atoms with van der Waals surface area (Å²) in [5, 5.41) is 5.38. The van der Waals surface area contributed by atoms with E-state index in [-0.39, 0.29) is 36.6 Å². The highest BCUT2D eigenvalue weighted by molar-refractivity contribution is 8.76. The summed E-state index contributed by atoms with van der Waals surface area (Å²) in [6.07, 6.45) is -1.51. The smallest absolute Gasteiger partial charge is 0.407 e. The third-order valence-electron chi connectivity index (χ3n) is 9.21. The summed E-state index contributed by atoms with van der Waals surface area (Å²) in [7, 11) is 2.47. The normalized spacial score (nSPS) is 14.3. The Morgan fingerprint density at radius 3 is 1.09 bits per heavy atom. The summed E-state index contributed by atoms with van der Waals surface area (Å²) >= 11 is 0. The van der Waals surface area contributed by atoms with Crippen molar-refractivity contribution in [3.63, 3.8) is 0 Å². The van der Waals surface area contributed by atoms with Gasteiger partial charge in [0.05, 0.1) is 0 Å². The number of hydrogen-bond donors (Lipinski definition) is 2. The highest BCUT2D eigenvalue weighted by Crippen LogP contribution is 2.45. The summed E-state index contributed by atoms with van der Waals surface area (Å²) in [5.74, 6) is -1.36. The third-order valence-corrected chi connectivity index (χ3v) is 11.6. The van der Waals surface area contributed by atoms with Gasteiger partial charge in [-0.05, 0) is 86.1 Å². The maximum absolute atomic E-state index is 13.3. The molecule has 2 aliphatic rings. The molecule has 4 aromatic carbocycles. The largest absolute Gasteiger partial charge is 0.458 e. The van der Waals surface area contributed by atoms with Gasteiger partial charge in [0.15, 0.2) is 0 Å². The van der Waals surface area contributed by atoms with Crippen LogP contribution in [-0.2, 0) is 28.5 Å². The van der Waals surface area contributed by atoms with Crippen molar-refractivity contribution in [2.45, 2.75) is 76.7 Å². The van der Waals surface area contributed by atoms with E-state index in [1.807, 2.05) is 72.8 Å². The molecule has 12 heteroatoms. The highest BCUT2D eigenvalue weighted by atomic mass is 33.1. The lowest BCUT2D eigenvalue weighted by molar-refractivity contribution is -0.157. The zero-order valence-electron chi connectivity index (χ0n) is 32.5. The van der Waals surface area contributed by atoms with E-state index in [0.717, 1.165) is 44.5 Å². The molecule has 0 fully saturated rings. The van der Waals surface area contributed by atoms with Gasteiger partial charge in [0.2, 0.25) is 0 Å². The summed E-state index contributed by atoms with van der Waals surface area (Å²) < 4.78 is 22.7. The van der Waals surface area contributed by atoms with E-state index in [0.29, 0.717) is 0 Å². The van der Waals surface area contributed by atoms with Crippen molar-refractivity contribution in [2.24, 2.45) is 0 Å². The first-order chi connectivity index (χ1) is 26.7. The van der Waals surface area contributed by atoms with Crippen molar-refractivity contribution in [2.75, 3.05) is 24.7 Å². The number of alkyl carbamates (subject to hydrolysis) is 2. The second-order valence-corrected chi connectivity index (χ2v) is 18.2. The quantitative estimate of drug-likeness (QED) is 0.0586. The zero-order chi connectivity index (χ0) is 40.0. The Morgan fingerprint density at radius 1 is 0.518 bits per heavy atom. The summed E-state index contributed by atoms with van der Waals surface area (Å²) in [6.45, 7) is 10.7. The number of benzene rings is 4. The molecule has 2 atom stereocenters. The molecule has 0 saturated carbocycles. The SMILES string of the molecule is CC(C)(C)OC(=O)[C@H](CSSC[C@@H](NC(=O)OCC1c2ccccc2-c2ccccc21)C(=O)OC(C)(C)C)NC(=O)OCC1c2ccccc2-c2ccccc21. The fourth-order valence-corrected chi connectivity index (χ4v) is 9.18. The van der Waals surface area contributed by atoms with Crippen LogP contribution in [0.25, 0.3) is 22.3 Å². The zero-order valence-corrected chi connectivity index (χ0v) is 34.1. The van der Waals surface area contributed by atoms with Crippen LogP contribution in [0, 0.1) is 0 Å². The molecule has 0 saturated heterocycles. The van der Waals surface area contributed by atoms with Crippen molar-refractivity contribution in [3.8, 4) is 22.3 Å². The van der Waals surface area contributed by atoms with Gasteiger partial charge < -0.3 is 29.6 Å². The standard InChI is InChI=1S/C44H48N2O8S2/c1-43(2,3)53-39(47)37(45-41(49)51-23-35-31-19-11-7-15-27(31)28-16-8-12-20-32(28)35)25-55-56-26-38(40(48)54-44(4,5)6)46-42(50)52-24-36-33-21-13-9-17-29(33)30-18-10-14-22-34(30)36/h7-22,35-38H,23-26H2,1-6H3,(H,45,49)(H,46,50)/t37-,38+. The Labute approximate surface area is 336 Å². The summed E-state index contributed by atoms with van der Waals surface area (Å²) in [4.78, 5) is 53.0. The Hall–Kier alpha value is -4.94. The van der Waals surface area contributed by atoms with E-state index < -0.39 is 47.4 Å². The number of fused-ring (bicyclic) bond motifs is 6. The number of ether oxygens (including phenoxy) is 4. The molecule has 0 aromatic heterocycles. The summed E-state index contributed by atoms with van der Waals surface area (Å²) in [6, 6.07) is 30.0. The van der Waals surface area contributed by atoms with Crippen LogP contribution in [0.1, 0.15) is 75.6 Å². The molecule has 6 rings (SSSR count). The topological polar surface area (TPSA) is 129 Å². The average molecular weight is 797 g/mol. The first kappa shape index (κ1) is 40.7. The van der Waals surface area contributed by atoms with Crippen LogP contribution in [0.2, 0.25) is 0 Å². The van der Waals surface area contributed by atoms with Gasteiger partial charge in [-0.2, -0.15) is 0 Å². The van der Waals surface area contributed by atoms with Crippen molar-refractivity contribution in [1.82, 2.24) is 10.6 Å². The predicted octanol–water partition coefficient (Wildman–Crippen LogP) is 8.87. The van der Waals surface area contributed by atoms with E-state index >= 15 is 0 Å². The minimum Gasteiger partial charge on any atom is -0.458 e. The molecule has 2 amide bonds. The molecule has 4 aromatic rings. The Balaban J connectivity index is 1.06. The number of carbonyl (C=O) groups excluding carboxylic acids is 4. The Kier molecular flexibility index (Phi) is 12.7. The first-order valence-electron chi connectivity index (χ1n) is 18.6. The van der Waals surface area contributed by atoms with Gasteiger partial charge in [-0.1, -0.05) is 119 Å². The lowest BCUT2D eigenvalue weighted by atomic mass is 9.98. The minimum atomic E-state index is -1.06. The van der Waals surface area contributed by atoms with Crippen molar-refractivity contribution in [3.05, 3.63) is 119 Å². The van der Waals surface area contributed by atoms with Gasteiger partial charge in [0.1, 0.15) is 36.5 Å². The predicted molar refractivity (Wildman–Crippen MR) is 221 cm³/mol. The molecular formula is C44H48N2O8S2. The molecule has 294 valence electrons. The van der Waals surface area contributed by atoms with E-state index in [1.165, 1.54) is 21.6 Å². The first-order valence-corrected chi connectivity index (χ1v) is 21.1. The molecule has 0 unspecified atom stereocenters. The number of carbonyl (C=O) groups is 4. The number of amides is 2. The van der Waals surface area contributed by atoms with Crippen molar-refractivity contribution < 1.29 is 38.1 Å². The van der Waals surface area contributed by atoms with Crippen LogP contribution >= 0.6 is 21.6 Å². The fraction of sp³-hybridized carbons (Fsp3) is 0.364. The van der Waals surface area contributed by atoms with Crippen LogP contribution < -0.4 is 10.6 Å². The molecule has 0 heterocycles. The molecule has 0 bridgehead atoms. The highest BCUT2D eigenvalue weighted by Gasteiger charge is 2.33. The Morgan fingerprint density at radius 2 is 0.804 bits per heavy atom. The van der Waals surface area contributed by atoms with Crippen LogP contribution in [0.3, 0.4) is 0 Å². The lowest BCUT2D eigenvalue weighted by Gasteiger charge is -2.25. The minimum absolute atomic E-state index is 0.0852. The van der Waals surface area contributed by atoms with Crippen molar-refractivity contribution in [1.29, 1.82) is 0 Å². The maximum Gasteiger partial charge on any atom is 0.407 e. The van der Waals surface area contributed by atoms with E-state index in [9.17, 15) is 19.2 Å². The molecule has 2 aliphatic carbocycles. The van der Waals surface area contributed by atoms with Gasteiger partial charge in [-0.25, -0.2) is 19.2 Å². The van der Waals surface area contributed by atoms with Crippen LogP contribution in [0.15, 0.2) is 97.1 Å². The van der Waals surface area contributed by atoms with Crippen LogP contribution in [-0.4, -0.2) is 72.1 Å². The van der Waals surface area contributed by atoms with Crippen LogP contribution in [0.4, 0.5) is 9.59 Å². The van der Waals surface area contributed by atoms with E-state index in [1.54, 1.807) is 41.5 Å². The second-order valence-electron chi connectivity index (χ2n) is 15.7. The third kappa shape index (κ3) is 10.1. The lowest BCUT2D eigenvalue weighted by Crippen LogP contribution is -2.46. The molecule has 0 radical (unpaired) electrons. The average Bonchev–Trinajstić information content (AvgIpc) is 3.64.